The summed E-state index contributed by atoms with van der Waals surface area (Å²) in [5.41, 5.74) is 2.50. The van der Waals surface area contributed by atoms with Crippen molar-refractivity contribution in [2.24, 2.45) is 5.92 Å². The van der Waals surface area contributed by atoms with Crippen LogP contribution in [0.15, 0.2) is 59.7 Å². The first-order valence-electron chi connectivity index (χ1n) is 6.94. The number of aliphatic carboxylic acids is 1. The molecule has 0 fully saturated rings. The Morgan fingerprint density at radius 1 is 1.33 bits per heavy atom. The zero-order valence-electron chi connectivity index (χ0n) is 12.0. The lowest BCUT2D eigenvalue weighted by Gasteiger charge is -2.20. The number of carbonyl (C=O) groups excluding carboxylic acids is 1. The van der Waals surface area contributed by atoms with Crippen LogP contribution in [0.5, 0.6) is 0 Å². The molecule has 0 aromatic heterocycles. The fraction of sp³-hybridized carbons (Fsp3) is 0.222. The number of carboxylic acids is 1. The molecule has 0 radical (unpaired) electrons. The summed E-state index contributed by atoms with van der Waals surface area (Å²) in [6.45, 7) is 1.86. The quantitative estimate of drug-likeness (QED) is 0.858. The summed E-state index contributed by atoms with van der Waals surface area (Å²) >= 11 is 0. The second kappa shape index (κ2) is 6.84. The van der Waals surface area contributed by atoms with E-state index >= 15 is 0 Å². The van der Waals surface area contributed by atoms with Gasteiger partial charge in [0.05, 0.1) is 6.42 Å². The molecule has 21 heavy (non-hydrogen) atoms. The standard InChI is InChI=1S/C18H18O3/c1-13(10-11-14-6-3-2-4-7-14)18-15(12-17(20)21)8-5-9-16(18)19/h2-7,9-11,15H,8,12H2,1H3,(H,20,21)/b11-10+,18-13+/t15-/m1/s1. The monoisotopic (exact) mass is 282 g/mol. The highest BCUT2D eigenvalue weighted by Gasteiger charge is 2.25. The maximum Gasteiger partial charge on any atom is 0.303 e. The molecule has 1 aromatic rings. The van der Waals surface area contributed by atoms with Crippen molar-refractivity contribution in [3.05, 3.63) is 65.3 Å². The molecule has 0 saturated heterocycles. The smallest absolute Gasteiger partial charge is 0.303 e. The third-order valence-corrected chi connectivity index (χ3v) is 3.53. The topological polar surface area (TPSA) is 54.4 Å². The minimum Gasteiger partial charge on any atom is -0.481 e. The Labute approximate surface area is 124 Å². The normalized spacial score (nSPS) is 20.8. The van der Waals surface area contributed by atoms with Crippen molar-refractivity contribution in [3.63, 3.8) is 0 Å². The molecule has 1 aliphatic rings. The number of hydrogen-bond acceptors (Lipinski definition) is 2. The van der Waals surface area contributed by atoms with Crippen LogP contribution in [-0.2, 0) is 9.59 Å². The highest BCUT2D eigenvalue weighted by molar-refractivity contribution is 6.06. The molecule has 108 valence electrons. The fourth-order valence-electron chi connectivity index (χ4n) is 2.54. The Bertz CT molecular complexity index is 621. The second-order valence-corrected chi connectivity index (χ2v) is 5.14. The molecule has 0 spiro atoms. The minimum atomic E-state index is -0.875. The van der Waals surface area contributed by atoms with Crippen molar-refractivity contribution in [3.8, 4) is 0 Å². The van der Waals surface area contributed by atoms with Gasteiger partial charge in [0.1, 0.15) is 0 Å². The summed E-state index contributed by atoms with van der Waals surface area (Å²) in [5.74, 6) is -1.19. The second-order valence-electron chi connectivity index (χ2n) is 5.14. The predicted molar refractivity (Wildman–Crippen MR) is 82.7 cm³/mol. The van der Waals surface area contributed by atoms with Crippen LogP contribution in [0.3, 0.4) is 0 Å². The van der Waals surface area contributed by atoms with Gasteiger partial charge in [-0.05, 0) is 30.6 Å². The molecule has 0 heterocycles. The summed E-state index contributed by atoms with van der Waals surface area (Å²) < 4.78 is 0. The first-order chi connectivity index (χ1) is 10.1. The van der Waals surface area contributed by atoms with Gasteiger partial charge in [0.15, 0.2) is 5.78 Å². The number of carboxylic acid groups (broad SMARTS) is 1. The van der Waals surface area contributed by atoms with Crippen LogP contribution in [0.1, 0.15) is 25.3 Å². The van der Waals surface area contributed by atoms with Gasteiger partial charge in [-0.3, -0.25) is 9.59 Å². The number of benzene rings is 1. The van der Waals surface area contributed by atoms with Gasteiger partial charge in [0.25, 0.3) is 0 Å². The van der Waals surface area contributed by atoms with Gasteiger partial charge in [0.2, 0.25) is 0 Å². The Kier molecular flexibility index (Phi) is 4.88. The average Bonchev–Trinajstić information content (AvgIpc) is 2.45. The zero-order valence-corrected chi connectivity index (χ0v) is 12.0. The largest absolute Gasteiger partial charge is 0.481 e. The summed E-state index contributed by atoms with van der Waals surface area (Å²) in [6.07, 6.45) is 7.70. The summed E-state index contributed by atoms with van der Waals surface area (Å²) in [7, 11) is 0. The highest BCUT2D eigenvalue weighted by Crippen LogP contribution is 2.28. The molecule has 0 amide bonds. The van der Waals surface area contributed by atoms with Crippen molar-refractivity contribution in [1.29, 1.82) is 0 Å². The first kappa shape index (κ1) is 15.0. The van der Waals surface area contributed by atoms with E-state index in [1.54, 1.807) is 6.08 Å². The van der Waals surface area contributed by atoms with Gasteiger partial charge >= 0.3 is 5.97 Å². The van der Waals surface area contributed by atoms with Crippen LogP contribution < -0.4 is 0 Å². The molecule has 3 nitrogen and oxygen atoms in total. The number of hydrogen-bond donors (Lipinski definition) is 1. The van der Waals surface area contributed by atoms with Crippen molar-refractivity contribution in [1.82, 2.24) is 0 Å². The van der Waals surface area contributed by atoms with Crippen LogP contribution in [0, 0.1) is 5.92 Å². The molecule has 1 aromatic carbocycles. The fourth-order valence-corrected chi connectivity index (χ4v) is 2.54. The number of ketones is 1. The van der Waals surface area contributed by atoms with E-state index in [-0.39, 0.29) is 18.1 Å². The van der Waals surface area contributed by atoms with E-state index < -0.39 is 5.97 Å². The van der Waals surface area contributed by atoms with Gasteiger partial charge < -0.3 is 5.11 Å². The van der Waals surface area contributed by atoms with Crippen LogP contribution >= 0.6 is 0 Å². The first-order valence-corrected chi connectivity index (χ1v) is 6.94. The van der Waals surface area contributed by atoms with Crippen LogP contribution in [0.25, 0.3) is 6.08 Å². The highest BCUT2D eigenvalue weighted by atomic mass is 16.4. The maximum atomic E-state index is 12.1. The van der Waals surface area contributed by atoms with E-state index in [1.165, 1.54) is 6.08 Å². The van der Waals surface area contributed by atoms with E-state index in [1.807, 2.05) is 49.4 Å². The zero-order chi connectivity index (χ0) is 15.2. The molecule has 0 saturated carbocycles. The number of allylic oxidation sites excluding steroid dienone is 5. The van der Waals surface area contributed by atoms with E-state index in [0.717, 1.165) is 11.1 Å². The number of carbonyl (C=O) groups is 2. The van der Waals surface area contributed by atoms with Crippen molar-refractivity contribution in [2.75, 3.05) is 0 Å². The lowest BCUT2D eigenvalue weighted by Crippen LogP contribution is -2.19. The van der Waals surface area contributed by atoms with Crippen LogP contribution in [0.2, 0.25) is 0 Å². The van der Waals surface area contributed by atoms with Gasteiger partial charge in [-0.1, -0.05) is 48.6 Å². The average molecular weight is 282 g/mol. The number of rotatable bonds is 4. The minimum absolute atomic E-state index is 0.0120. The molecule has 0 bridgehead atoms. The molecule has 1 N–H and O–H groups in total. The van der Waals surface area contributed by atoms with E-state index in [2.05, 4.69) is 0 Å². The Morgan fingerprint density at radius 2 is 2.05 bits per heavy atom. The summed E-state index contributed by atoms with van der Waals surface area (Å²) in [6, 6.07) is 9.80. The molecule has 3 heteroatoms. The SMILES string of the molecule is CC(/C=C/c1ccccc1)=C1\C(=O)C=CC[C@@H]1CC(=O)O. The molecule has 2 rings (SSSR count). The maximum absolute atomic E-state index is 12.1. The van der Waals surface area contributed by atoms with Crippen LogP contribution in [-0.4, -0.2) is 16.9 Å². The third kappa shape index (κ3) is 4.02. The molecule has 1 aliphatic carbocycles. The Hall–Kier alpha value is -2.42. The van der Waals surface area contributed by atoms with Crippen molar-refractivity contribution < 1.29 is 14.7 Å². The lowest BCUT2D eigenvalue weighted by atomic mass is 9.82. The predicted octanol–water partition coefficient (Wildman–Crippen LogP) is 3.64. The summed E-state index contributed by atoms with van der Waals surface area (Å²) in [4.78, 5) is 23.0. The van der Waals surface area contributed by atoms with Crippen LogP contribution in [0.4, 0.5) is 0 Å². The molecule has 0 aliphatic heterocycles. The Balaban J connectivity index is 2.28. The molecular weight excluding hydrogens is 264 g/mol. The Morgan fingerprint density at radius 3 is 2.71 bits per heavy atom. The van der Waals surface area contributed by atoms with Gasteiger partial charge in [-0.15, -0.1) is 0 Å². The van der Waals surface area contributed by atoms with Crippen molar-refractivity contribution >= 4 is 17.8 Å². The van der Waals surface area contributed by atoms with Gasteiger partial charge in [0, 0.05) is 11.5 Å². The van der Waals surface area contributed by atoms with E-state index in [4.69, 9.17) is 5.11 Å². The lowest BCUT2D eigenvalue weighted by molar-refractivity contribution is -0.137. The van der Waals surface area contributed by atoms with E-state index in [0.29, 0.717) is 12.0 Å². The van der Waals surface area contributed by atoms with E-state index in [9.17, 15) is 9.59 Å². The molecular formula is C18H18O3. The van der Waals surface area contributed by atoms with Gasteiger partial charge in [-0.25, -0.2) is 0 Å². The van der Waals surface area contributed by atoms with Crippen molar-refractivity contribution in [2.45, 2.75) is 19.8 Å². The molecule has 0 unspecified atom stereocenters. The van der Waals surface area contributed by atoms with Gasteiger partial charge in [-0.2, -0.15) is 0 Å². The third-order valence-electron chi connectivity index (χ3n) is 3.53. The summed E-state index contributed by atoms with van der Waals surface area (Å²) in [5, 5.41) is 8.98. The molecule has 1 atom stereocenters.